The van der Waals surface area contributed by atoms with Crippen molar-refractivity contribution in [2.45, 2.75) is 38.8 Å². The van der Waals surface area contributed by atoms with Crippen molar-refractivity contribution >= 4 is 23.6 Å². The fourth-order valence-corrected chi connectivity index (χ4v) is 3.53. The van der Waals surface area contributed by atoms with E-state index in [1.54, 1.807) is 32.2 Å². The van der Waals surface area contributed by atoms with Gasteiger partial charge in [-0.3, -0.25) is 9.36 Å². The number of hydrogen-bond acceptors (Lipinski definition) is 7. The van der Waals surface area contributed by atoms with Crippen LogP contribution in [0.5, 0.6) is 0 Å². The largest absolute Gasteiger partial charge is 0.373 e. The second-order valence-corrected chi connectivity index (χ2v) is 7.40. The first kappa shape index (κ1) is 20.4. The SMILES string of the molecule is C/C=N\c1ncn(Cc2nc(C3CO[C@@H](c4ccc(F)c(Cl)c4)C3)no2)c(=O)c1C. The Morgan fingerprint density at radius 2 is 2.27 bits per heavy atom. The number of aromatic nitrogens is 4. The summed E-state index contributed by atoms with van der Waals surface area (Å²) in [5.74, 6) is 0.653. The minimum atomic E-state index is -0.465. The van der Waals surface area contributed by atoms with E-state index in [-0.39, 0.29) is 29.1 Å². The maximum atomic E-state index is 13.4. The van der Waals surface area contributed by atoms with Crippen LogP contribution in [0.2, 0.25) is 5.02 Å². The minimum absolute atomic E-state index is 0.0615. The number of benzene rings is 1. The Morgan fingerprint density at radius 1 is 1.43 bits per heavy atom. The lowest BCUT2D eigenvalue weighted by Crippen LogP contribution is -2.23. The summed E-state index contributed by atoms with van der Waals surface area (Å²) in [6.07, 6.45) is 3.39. The van der Waals surface area contributed by atoms with Crippen LogP contribution in [-0.2, 0) is 11.3 Å². The first-order valence-electron chi connectivity index (χ1n) is 9.40. The smallest absolute Gasteiger partial charge is 0.258 e. The number of ether oxygens (including phenoxy) is 1. The number of aliphatic imine (C=N–C) groups is 1. The van der Waals surface area contributed by atoms with E-state index in [9.17, 15) is 9.18 Å². The molecule has 1 unspecified atom stereocenters. The summed E-state index contributed by atoms with van der Waals surface area (Å²) in [6.45, 7) is 3.95. The molecule has 0 N–H and O–H groups in total. The van der Waals surface area contributed by atoms with Gasteiger partial charge in [0.2, 0.25) is 5.89 Å². The lowest BCUT2D eigenvalue weighted by atomic mass is 10.00. The Hall–Kier alpha value is -2.91. The zero-order chi connectivity index (χ0) is 21.3. The van der Waals surface area contributed by atoms with E-state index < -0.39 is 5.82 Å². The Kier molecular flexibility index (Phi) is 5.74. The molecule has 0 radical (unpaired) electrons. The molecule has 1 saturated heterocycles. The van der Waals surface area contributed by atoms with E-state index in [0.717, 1.165) is 5.56 Å². The molecule has 1 aromatic carbocycles. The van der Waals surface area contributed by atoms with Gasteiger partial charge in [0.05, 0.1) is 23.3 Å². The normalized spacial score (nSPS) is 19.1. The molecule has 3 heterocycles. The van der Waals surface area contributed by atoms with E-state index >= 15 is 0 Å². The highest BCUT2D eigenvalue weighted by atomic mass is 35.5. The molecule has 8 nitrogen and oxygen atoms in total. The number of halogens is 2. The Labute approximate surface area is 176 Å². The van der Waals surface area contributed by atoms with Crippen LogP contribution in [0.15, 0.2) is 38.8 Å². The van der Waals surface area contributed by atoms with Gasteiger partial charge in [0.1, 0.15) is 18.7 Å². The van der Waals surface area contributed by atoms with Gasteiger partial charge in [-0.15, -0.1) is 0 Å². The monoisotopic (exact) mass is 431 g/mol. The first-order valence-corrected chi connectivity index (χ1v) is 9.77. The summed E-state index contributed by atoms with van der Waals surface area (Å²) in [5, 5.41) is 4.10. The van der Waals surface area contributed by atoms with Crippen molar-refractivity contribution in [1.82, 2.24) is 19.7 Å². The average Bonchev–Trinajstić information content (AvgIpc) is 3.39. The van der Waals surface area contributed by atoms with Crippen molar-refractivity contribution < 1.29 is 13.7 Å². The minimum Gasteiger partial charge on any atom is -0.373 e. The summed E-state index contributed by atoms with van der Waals surface area (Å²) in [6, 6.07) is 4.55. The highest BCUT2D eigenvalue weighted by Gasteiger charge is 2.31. The van der Waals surface area contributed by atoms with Crippen LogP contribution < -0.4 is 5.56 Å². The molecule has 3 aromatic rings. The summed E-state index contributed by atoms with van der Waals surface area (Å²) in [4.78, 5) is 25.2. The van der Waals surface area contributed by atoms with Crippen LogP contribution in [0.3, 0.4) is 0 Å². The molecule has 0 aliphatic carbocycles. The van der Waals surface area contributed by atoms with Gasteiger partial charge in [-0.2, -0.15) is 4.98 Å². The van der Waals surface area contributed by atoms with E-state index in [1.807, 2.05) is 0 Å². The Bertz CT molecular complexity index is 1160. The van der Waals surface area contributed by atoms with Gasteiger partial charge in [-0.1, -0.05) is 22.8 Å². The van der Waals surface area contributed by atoms with Gasteiger partial charge < -0.3 is 9.26 Å². The number of hydrogen-bond donors (Lipinski definition) is 0. The van der Waals surface area contributed by atoms with E-state index in [2.05, 4.69) is 20.1 Å². The van der Waals surface area contributed by atoms with E-state index in [0.29, 0.717) is 36.1 Å². The third-order valence-corrected chi connectivity index (χ3v) is 5.24. The zero-order valence-corrected chi connectivity index (χ0v) is 17.1. The topological polar surface area (TPSA) is 95.4 Å². The van der Waals surface area contributed by atoms with Gasteiger partial charge in [-0.25, -0.2) is 14.4 Å². The van der Waals surface area contributed by atoms with Crippen molar-refractivity contribution in [3.05, 3.63) is 68.6 Å². The number of nitrogens with zero attached hydrogens (tertiary/aromatic N) is 5. The maximum absolute atomic E-state index is 13.4. The van der Waals surface area contributed by atoms with Gasteiger partial charge >= 0.3 is 0 Å². The molecule has 156 valence electrons. The second-order valence-electron chi connectivity index (χ2n) is 6.99. The summed E-state index contributed by atoms with van der Waals surface area (Å²) in [5.41, 5.74) is 1.03. The van der Waals surface area contributed by atoms with Crippen molar-refractivity contribution in [3.63, 3.8) is 0 Å². The highest BCUT2D eigenvalue weighted by Crippen LogP contribution is 2.38. The van der Waals surface area contributed by atoms with Crippen molar-refractivity contribution in [2.75, 3.05) is 6.61 Å². The molecule has 10 heteroatoms. The molecule has 2 atom stereocenters. The quantitative estimate of drug-likeness (QED) is 0.571. The lowest BCUT2D eigenvalue weighted by molar-refractivity contribution is 0.110. The summed E-state index contributed by atoms with van der Waals surface area (Å²) in [7, 11) is 0. The molecule has 1 fully saturated rings. The predicted octanol–water partition coefficient (Wildman–Crippen LogP) is 3.74. The molecule has 4 rings (SSSR count). The average molecular weight is 432 g/mol. The van der Waals surface area contributed by atoms with Crippen LogP contribution in [0.4, 0.5) is 10.2 Å². The molecule has 30 heavy (non-hydrogen) atoms. The molecule has 0 saturated carbocycles. The van der Waals surface area contributed by atoms with Gasteiger partial charge in [0.15, 0.2) is 11.6 Å². The van der Waals surface area contributed by atoms with E-state index in [4.69, 9.17) is 20.9 Å². The summed E-state index contributed by atoms with van der Waals surface area (Å²) >= 11 is 5.87. The number of rotatable bonds is 5. The Balaban J connectivity index is 1.47. The molecule has 1 aliphatic rings. The standard InChI is InChI=1S/C20H19ClFN5O3/c1-3-23-18-11(2)20(28)27(10-24-18)8-17-25-19(26-30-17)13-7-16(29-9-13)12-4-5-15(22)14(21)6-12/h3-6,10,13,16H,7-9H2,1-2H3/b23-3-/t13?,16-/m1/s1. The fraction of sp³-hybridized carbons (Fsp3) is 0.350. The first-order chi connectivity index (χ1) is 14.5. The summed E-state index contributed by atoms with van der Waals surface area (Å²) < 4.78 is 25.9. The van der Waals surface area contributed by atoms with Crippen LogP contribution in [0.25, 0.3) is 0 Å². The van der Waals surface area contributed by atoms with Gasteiger partial charge in [-0.05, 0) is 38.0 Å². The van der Waals surface area contributed by atoms with Crippen molar-refractivity contribution in [3.8, 4) is 0 Å². The third kappa shape index (κ3) is 4.03. The molecule has 1 aliphatic heterocycles. The van der Waals surface area contributed by atoms with Crippen LogP contribution in [-0.4, -0.2) is 32.5 Å². The maximum Gasteiger partial charge on any atom is 0.258 e. The zero-order valence-electron chi connectivity index (χ0n) is 16.4. The van der Waals surface area contributed by atoms with Gasteiger partial charge in [0.25, 0.3) is 5.56 Å². The molecule has 0 amide bonds. The molecule has 2 aromatic heterocycles. The van der Waals surface area contributed by atoms with Gasteiger partial charge in [0, 0.05) is 12.1 Å². The van der Waals surface area contributed by atoms with Crippen molar-refractivity contribution in [1.29, 1.82) is 0 Å². The lowest BCUT2D eigenvalue weighted by Gasteiger charge is -2.10. The molecular formula is C20H19ClFN5O3. The highest BCUT2D eigenvalue weighted by molar-refractivity contribution is 6.30. The predicted molar refractivity (Wildman–Crippen MR) is 108 cm³/mol. The van der Waals surface area contributed by atoms with Crippen LogP contribution in [0.1, 0.15) is 48.2 Å². The van der Waals surface area contributed by atoms with Crippen LogP contribution in [0, 0.1) is 12.7 Å². The van der Waals surface area contributed by atoms with E-state index in [1.165, 1.54) is 17.0 Å². The molecular weight excluding hydrogens is 413 g/mol. The second kappa shape index (κ2) is 8.45. The van der Waals surface area contributed by atoms with Crippen LogP contribution >= 0.6 is 11.6 Å². The Morgan fingerprint density at radius 3 is 3.03 bits per heavy atom. The molecule has 0 bridgehead atoms. The fourth-order valence-electron chi connectivity index (χ4n) is 3.35. The molecule has 0 spiro atoms. The third-order valence-electron chi connectivity index (χ3n) is 4.96. The van der Waals surface area contributed by atoms with Crippen molar-refractivity contribution in [2.24, 2.45) is 4.99 Å².